The number of nitrogens with zero attached hydrogens (tertiary/aromatic N) is 1. The first-order valence-corrected chi connectivity index (χ1v) is 9.65. The van der Waals surface area contributed by atoms with Gasteiger partial charge in [0.1, 0.15) is 0 Å². The molecular weight excluding hydrogens is 389 g/mol. The average molecular weight is 410 g/mol. The fourth-order valence-corrected chi connectivity index (χ4v) is 3.21. The van der Waals surface area contributed by atoms with E-state index < -0.39 is 11.7 Å². The van der Waals surface area contributed by atoms with E-state index in [0.29, 0.717) is 5.69 Å². The van der Waals surface area contributed by atoms with Crippen LogP contribution in [0.1, 0.15) is 16.7 Å². The van der Waals surface area contributed by atoms with Crippen molar-refractivity contribution in [2.24, 2.45) is 0 Å². The molecule has 0 atom stereocenters. The van der Waals surface area contributed by atoms with Crippen molar-refractivity contribution in [3.8, 4) is 0 Å². The maximum Gasteiger partial charge on any atom is 0.416 e. The monoisotopic (exact) mass is 410 g/mol. The van der Waals surface area contributed by atoms with Crippen molar-refractivity contribution >= 4 is 29.3 Å². The molecule has 2 aromatic carbocycles. The van der Waals surface area contributed by atoms with Crippen molar-refractivity contribution in [3.63, 3.8) is 0 Å². The molecule has 0 fully saturated rings. The van der Waals surface area contributed by atoms with Crippen LogP contribution in [0.5, 0.6) is 0 Å². The minimum Gasteiger partial charge on any atom is -0.341 e. The fourth-order valence-electron chi connectivity index (χ4n) is 2.45. The van der Waals surface area contributed by atoms with Gasteiger partial charge < -0.3 is 10.2 Å². The highest BCUT2D eigenvalue weighted by Crippen LogP contribution is 2.32. The normalized spacial score (nSPS) is 11.2. The molecule has 2 amide bonds. The van der Waals surface area contributed by atoms with Crippen LogP contribution in [0.15, 0.2) is 48.5 Å². The molecule has 2 rings (SSSR count). The molecule has 150 valence electrons. The lowest BCUT2D eigenvalue weighted by Crippen LogP contribution is -2.29. The maximum atomic E-state index is 13.0. The smallest absolute Gasteiger partial charge is 0.341 e. The number of alkyl halides is 3. The minimum atomic E-state index is -4.47. The Labute approximate surface area is 166 Å². The Balaban J connectivity index is 1.81. The molecule has 1 N–H and O–H groups in total. The molecule has 0 aromatic heterocycles. The lowest BCUT2D eigenvalue weighted by molar-refractivity contribution is -0.139. The predicted molar refractivity (Wildman–Crippen MR) is 105 cm³/mol. The van der Waals surface area contributed by atoms with E-state index >= 15 is 0 Å². The van der Waals surface area contributed by atoms with Crippen LogP contribution in [0.3, 0.4) is 0 Å². The highest BCUT2D eigenvalue weighted by atomic mass is 32.2. The number of benzene rings is 2. The van der Waals surface area contributed by atoms with E-state index in [4.69, 9.17) is 0 Å². The Kier molecular flexibility index (Phi) is 7.51. The number of amides is 2. The highest BCUT2D eigenvalue weighted by molar-refractivity contribution is 8.00. The third kappa shape index (κ3) is 6.60. The summed E-state index contributed by atoms with van der Waals surface area (Å²) in [4.78, 5) is 25.3. The van der Waals surface area contributed by atoms with Crippen LogP contribution in [0.25, 0.3) is 0 Å². The topological polar surface area (TPSA) is 49.4 Å². The molecule has 0 spiro atoms. The molecule has 0 unspecified atom stereocenters. The molecule has 2 aromatic rings. The van der Waals surface area contributed by atoms with E-state index in [1.807, 2.05) is 19.1 Å². The summed E-state index contributed by atoms with van der Waals surface area (Å²) >= 11 is 1.12. The molecule has 0 bridgehead atoms. The zero-order chi connectivity index (χ0) is 20.7. The van der Waals surface area contributed by atoms with Crippen molar-refractivity contribution in [2.75, 3.05) is 23.9 Å². The van der Waals surface area contributed by atoms with Crippen molar-refractivity contribution in [1.29, 1.82) is 0 Å². The predicted octanol–water partition coefficient (Wildman–Crippen LogP) is 4.34. The van der Waals surface area contributed by atoms with Gasteiger partial charge in [-0.05, 0) is 30.7 Å². The summed E-state index contributed by atoms with van der Waals surface area (Å²) in [5, 5.41) is 2.73. The van der Waals surface area contributed by atoms with Gasteiger partial charge in [-0.25, -0.2) is 0 Å². The standard InChI is InChI=1S/C20H21F3N2O2S/c1-14-7-9-16(10-8-14)24-18(26)12-28-13-19(27)25(2)11-15-5-3-4-6-17(15)20(21,22)23/h3-10H,11-13H2,1-2H3,(H,24,26). The summed E-state index contributed by atoms with van der Waals surface area (Å²) < 4.78 is 39.1. The summed E-state index contributed by atoms with van der Waals surface area (Å²) in [5.41, 5.74) is 1.03. The largest absolute Gasteiger partial charge is 0.416 e. The van der Waals surface area contributed by atoms with Gasteiger partial charge in [0, 0.05) is 19.3 Å². The molecule has 0 saturated heterocycles. The number of rotatable bonds is 7. The van der Waals surface area contributed by atoms with Gasteiger partial charge in [-0.3, -0.25) is 9.59 Å². The molecule has 28 heavy (non-hydrogen) atoms. The SMILES string of the molecule is Cc1ccc(NC(=O)CSCC(=O)N(C)Cc2ccccc2C(F)(F)F)cc1. The molecular formula is C20H21F3N2O2S. The van der Waals surface area contributed by atoms with E-state index in [1.165, 1.54) is 30.1 Å². The number of hydrogen-bond acceptors (Lipinski definition) is 3. The van der Waals surface area contributed by atoms with E-state index in [9.17, 15) is 22.8 Å². The van der Waals surface area contributed by atoms with Crippen molar-refractivity contribution in [1.82, 2.24) is 4.90 Å². The van der Waals surface area contributed by atoms with Crippen LogP contribution < -0.4 is 5.32 Å². The Morgan fingerprint density at radius 2 is 1.68 bits per heavy atom. The number of anilines is 1. The zero-order valence-corrected chi connectivity index (χ0v) is 16.4. The van der Waals surface area contributed by atoms with Crippen LogP contribution in [-0.4, -0.2) is 35.3 Å². The number of carbonyl (C=O) groups excluding carboxylic acids is 2. The number of aryl methyl sites for hydroxylation is 1. The zero-order valence-electron chi connectivity index (χ0n) is 15.5. The molecule has 0 heterocycles. The fraction of sp³-hybridized carbons (Fsp3) is 0.300. The Bertz CT molecular complexity index is 823. The summed E-state index contributed by atoms with van der Waals surface area (Å²) in [6.07, 6.45) is -4.47. The summed E-state index contributed by atoms with van der Waals surface area (Å²) in [7, 11) is 1.45. The molecule has 0 radical (unpaired) electrons. The Hall–Kier alpha value is -2.48. The second-order valence-corrected chi connectivity index (χ2v) is 7.30. The average Bonchev–Trinajstić information content (AvgIpc) is 2.63. The van der Waals surface area contributed by atoms with E-state index in [0.717, 1.165) is 23.4 Å². The van der Waals surface area contributed by atoms with Gasteiger partial charge in [0.2, 0.25) is 11.8 Å². The van der Waals surface area contributed by atoms with E-state index in [-0.39, 0.29) is 35.4 Å². The third-order valence-electron chi connectivity index (χ3n) is 3.95. The van der Waals surface area contributed by atoms with Gasteiger partial charge in [-0.1, -0.05) is 35.9 Å². The minimum absolute atomic E-state index is 0.00595. The lowest BCUT2D eigenvalue weighted by Gasteiger charge is -2.20. The maximum absolute atomic E-state index is 13.0. The van der Waals surface area contributed by atoms with Gasteiger partial charge >= 0.3 is 6.18 Å². The van der Waals surface area contributed by atoms with E-state index in [1.54, 1.807) is 12.1 Å². The van der Waals surface area contributed by atoms with Crippen LogP contribution in [0.4, 0.5) is 18.9 Å². The van der Waals surface area contributed by atoms with Crippen molar-refractivity contribution in [3.05, 3.63) is 65.2 Å². The number of nitrogens with one attached hydrogen (secondary N) is 1. The molecule has 8 heteroatoms. The molecule has 4 nitrogen and oxygen atoms in total. The summed E-state index contributed by atoms with van der Waals surface area (Å²) in [6.45, 7) is 1.79. The van der Waals surface area contributed by atoms with Crippen LogP contribution in [0.2, 0.25) is 0 Å². The first-order chi connectivity index (χ1) is 13.2. The lowest BCUT2D eigenvalue weighted by atomic mass is 10.1. The van der Waals surface area contributed by atoms with Gasteiger partial charge in [0.15, 0.2) is 0 Å². The molecule has 0 saturated carbocycles. The van der Waals surface area contributed by atoms with Crippen LogP contribution >= 0.6 is 11.8 Å². The van der Waals surface area contributed by atoms with Crippen molar-refractivity contribution in [2.45, 2.75) is 19.6 Å². The quantitative estimate of drug-likeness (QED) is 0.739. The van der Waals surface area contributed by atoms with Crippen LogP contribution in [0, 0.1) is 6.92 Å². The summed E-state index contributed by atoms with van der Waals surface area (Å²) in [6, 6.07) is 12.5. The van der Waals surface area contributed by atoms with Gasteiger partial charge in [0.25, 0.3) is 0 Å². The Morgan fingerprint density at radius 1 is 1.04 bits per heavy atom. The molecule has 0 aliphatic rings. The summed E-state index contributed by atoms with van der Waals surface area (Å²) in [5.74, 6) is -0.504. The third-order valence-corrected chi connectivity index (χ3v) is 4.87. The highest BCUT2D eigenvalue weighted by Gasteiger charge is 2.33. The Morgan fingerprint density at radius 3 is 2.32 bits per heavy atom. The first kappa shape index (κ1) is 21.8. The molecule has 0 aliphatic heterocycles. The van der Waals surface area contributed by atoms with Gasteiger partial charge in [-0.2, -0.15) is 13.2 Å². The number of halogens is 3. The second kappa shape index (κ2) is 9.64. The van der Waals surface area contributed by atoms with E-state index in [2.05, 4.69) is 5.32 Å². The van der Waals surface area contributed by atoms with Gasteiger partial charge in [0.05, 0.1) is 17.1 Å². The number of thioether (sulfide) groups is 1. The number of carbonyl (C=O) groups is 2. The van der Waals surface area contributed by atoms with Gasteiger partial charge in [-0.15, -0.1) is 11.8 Å². The second-order valence-electron chi connectivity index (χ2n) is 6.31. The van der Waals surface area contributed by atoms with Crippen molar-refractivity contribution < 1.29 is 22.8 Å². The van der Waals surface area contributed by atoms with Crippen LogP contribution in [-0.2, 0) is 22.3 Å². The molecule has 0 aliphatic carbocycles. The first-order valence-electron chi connectivity index (χ1n) is 8.50. The number of hydrogen-bond donors (Lipinski definition) is 1.